The summed E-state index contributed by atoms with van der Waals surface area (Å²) < 4.78 is 10.4. The number of ether oxygens (including phenoxy) is 2. The highest BCUT2D eigenvalue weighted by atomic mass is 35.5. The lowest BCUT2D eigenvalue weighted by Gasteiger charge is -2.15. The van der Waals surface area contributed by atoms with Crippen molar-refractivity contribution in [3.05, 3.63) is 28.1 Å². The zero-order chi connectivity index (χ0) is 15.6. The van der Waals surface area contributed by atoms with Gasteiger partial charge in [-0.1, -0.05) is 23.2 Å². The van der Waals surface area contributed by atoms with Gasteiger partial charge in [-0.25, -0.2) is 9.97 Å². The van der Waals surface area contributed by atoms with Crippen LogP contribution in [0.5, 0.6) is 11.5 Å². The van der Waals surface area contributed by atoms with Crippen LogP contribution in [0.25, 0.3) is 0 Å². The second-order valence-corrected chi connectivity index (χ2v) is 4.90. The molecule has 0 saturated carbocycles. The predicted octanol–water partition coefficient (Wildman–Crippen LogP) is 3.43. The van der Waals surface area contributed by atoms with Gasteiger partial charge < -0.3 is 20.5 Å². The summed E-state index contributed by atoms with van der Waals surface area (Å²) in [5.74, 6) is 1.91. The molecule has 0 aliphatic rings. The van der Waals surface area contributed by atoms with Crippen LogP contribution < -0.4 is 20.5 Å². The van der Waals surface area contributed by atoms with Gasteiger partial charge in [0.1, 0.15) is 28.7 Å². The minimum atomic E-state index is 0.175. The third-order valence-corrected chi connectivity index (χ3v) is 3.32. The summed E-state index contributed by atoms with van der Waals surface area (Å²) in [6.07, 6.45) is 0. The van der Waals surface area contributed by atoms with E-state index in [0.29, 0.717) is 33.9 Å². The second-order valence-electron chi connectivity index (χ2n) is 4.14. The number of nitrogen functional groups attached to an aromatic ring is 1. The van der Waals surface area contributed by atoms with E-state index in [1.807, 2.05) is 0 Å². The first-order valence-corrected chi connectivity index (χ1v) is 6.70. The number of aromatic nitrogens is 2. The van der Waals surface area contributed by atoms with E-state index >= 15 is 0 Å². The average molecular weight is 329 g/mol. The average Bonchev–Trinajstić information content (AvgIpc) is 2.45. The van der Waals surface area contributed by atoms with Crippen molar-refractivity contribution in [2.45, 2.75) is 6.92 Å². The Morgan fingerprint density at radius 2 is 1.86 bits per heavy atom. The van der Waals surface area contributed by atoms with Crippen LogP contribution in [-0.4, -0.2) is 24.2 Å². The summed E-state index contributed by atoms with van der Waals surface area (Å²) in [5.41, 5.74) is 6.62. The van der Waals surface area contributed by atoms with Crippen molar-refractivity contribution >= 4 is 40.4 Å². The molecule has 0 radical (unpaired) electrons. The molecule has 1 aromatic carbocycles. The van der Waals surface area contributed by atoms with E-state index in [1.165, 1.54) is 7.11 Å². The van der Waals surface area contributed by atoms with Gasteiger partial charge in [0.2, 0.25) is 0 Å². The van der Waals surface area contributed by atoms with Crippen LogP contribution in [0.1, 0.15) is 5.82 Å². The maximum Gasteiger partial charge on any atom is 0.159 e. The molecule has 0 spiro atoms. The van der Waals surface area contributed by atoms with E-state index in [-0.39, 0.29) is 10.8 Å². The lowest BCUT2D eigenvalue weighted by Crippen LogP contribution is -2.05. The van der Waals surface area contributed by atoms with Crippen molar-refractivity contribution in [3.63, 3.8) is 0 Å². The number of methoxy groups -OCH3 is 2. The molecule has 0 amide bonds. The van der Waals surface area contributed by atoms with E-state index in [0.717, 1.165) is 0 Å². The second kappa shape index (κ2) is 6.24. The topological polar surface area (TPSA) is 82.3 Å². The van der Waals surface area contributed by atoms with Gasteiger partial charge in [0, 0.05) is 12.1 Å². The van der Waals surface area contributed by atoms with Crippen LogP contribution >= 0.6 is 23.2 Å². The van der Waals surface area contributed by atoms with Crippen LogP contribution in [0.15, 0.2) is 12.1 Å². The normalized spacial score (nSPS) is 10.3. The summed E-state index contributed by atoms with van der Waals surface area (Å²) in [5, 5.41) is 3.60. The molecule has 1 aromatic heterocycles. The van der Waals surface area contributed by atoms with Gasteiger partial charge in [-0.2, -0.15) is 0 Å². The molecule has 6 nitrogen and oxygen atoms in total. The lowest BCUT2D eigenvalue weighted by atomic mass is 10.2. The quantitative estimate of drug-likeness (QED) is 0.836. The van der Waals surface area contributed by atoms with Gasteiger partial charge in [0.05, 0.1) is 19.2 Å². The zero-order valence-electron chi connectivity index (χ0n) is 11.7. The maximum atomic E-state index is 6.23. The van der Waals surface area contributed by atoms with E-state index in [9.17, 15) is 0 Å². The minimum absolute atomic E-state index is 0.175. The molecular weight excluding hydrogens is 315 g/mol. The smallest absolute Gasteiger partial charge is 0.159 e. The zero-order valence-corrected chi connectivity index (χ0v) is 13.2. The Kier molecular flexibility index (Phi) is 4.59. The predicted molar refractivity (Wildman–Crippen MR) is 84.0 cm³/mol. The van der Waals surface area contributed by atoms with Crippen LogP contribution in [0.3, 0.4) is 0 Å². The first-order chi connectivity index (χ1) is 9.96. The molecule has 1 heterocycles. The Morgan fingerprint density at radius 3 is 2.48 bits per heavy atom. The number of anilines is 3. The molecule has 0 atom stereocenters. The standard InChI is InChI=1S/C13H14Cl2N4O2/c1-6-17-12(15)10(16)13(18-6)19-11-8(14)4-7(20-2)5-9(11)21-3/h4-5H,16H2,1-3H3,(H,17,18,19). The molecule has 0 aliphatic carbocycles. The lowest BCUT2D eigenvalue weighted by molar-refractivity contribution is 0.395. The van der Waals surface area contributed by atoms with Crippen molar-refractivity contribution in [1.29, 1.82) is 0 Å². The van der Waals surface area contributed by atoms with Crippen molar-refractivity contribution < 1.29 is 9.47 Å². The number of halogens is 2. The fraction of sp³-hybridized carbons (Fsp3) is 0.231. The van der Waals surface area contributed by atoms with Crippen molar-refractivity contribution in [3.8, 4) is 11.5 Å². The molecule has 0 saturated heterocycles. The molecule has 21 heavy (non-hydrogen) atoms. The Morgan fingerprint density at radius 1 is 1.14 bits per heavy atom. The highest BCUT2D eigenvalue weighted by Crippen LogP contribution is 2.39. The van der Waals surface area contributed by atoms with Crippen LogP contribution in [0.4, 0.5) is 17.2 Å². The molecule has 112 valence electrons. The van der Waals surface area contributed by atoms with E-state index < -0.39 is 0 Å². The summed E-state index contributed by atoms with van der Waals surface area (Å²) in [6, 6.07) is 3.35. The van der Waals surface area contributed by atoms with Crippen LogP contribution in [-0.2, 0) is 0 Å². The fourth-order valence-electron chi connectivity index (χ4n) is 1.72. The molecule has 3 N–H and O–H groups in total. The number of aryl methyl sites for hydroxylation is 1. The molecule has 0 fully saturated rings. The van der Waals surface area contributed by atoms with Crippen LogP contribution in [0.2, 0.25) is 10.2 Å². The van der Waals surface area contributed by atoms with Gasteiger partial charge in [-0.3, -0.25) is 0 Å². The Labute approximate surface area is 132 Å². The van der Waals surface area contributed by atoms with Crippen molar-refractivity contribution in [1.82, 2.24) is 9.97 Å². The highest BCUT2D eigenvalue weighted by Gasteiger charge is 2.15. The third-order valence-electron chi connectivity index (χ3n) is 2.74. The number of nitrogens with zero attached hydrogens (tertiary/aromatic N) is 2. The van der Waals surface area contributed by atoms with E-state index in [4.69, 9.17) is 38.4 Å². The SMILES string of the molecule is COc1cc(Cl)c(Nc2nc(C)nc(Cl)c2N)c(OC)c1. The van der Waals surface area contributed by atoms with E-state index in [2.05, 4.69) is 15.3 Å². The molecule has 0 bridgehead atoms. The molecule has 2 aromatic rings. The summed E-state index contributed by atoms with van der Waals surface area (Å²) in [7, 11) is 3.07. The largest absolute Gasteiger partial charge is 0.497 e. The summed E-state index contributed by atoms with van der Waals surface area (Å²) >= 11 is 12.2. The third kappa shape index (κ3) is 3.22. The number of hydrogen-bond acceptors (Lipinski definition) is 6. The molecule has 2 rings (SSSR count). The van der Waals surface area contributed by atoms with Crippen molar-refractivity contribution in [2.24, 2.45) is 0 Å². The number of nitrogens with one attached hydrogen (secondary N) is 1. The molecular formula is C13H14Cl2N4O2. The van der Waals surface area contributed by atoms with Gasteiger partial charge in [-0.05, 0) is 6.92 Å². The first kappa shape index (κ1) is 15.5. The highest BCUT2D eigenvalue weighted by molar-refractivity contribution is 6.34. The van der Waals surface area contributed by atoms with Crippen LogP contribution in [0, 0.1) is 6.92 Å². The first-order valence-electron chi connectivity index (χ1n) is 5.94. The van der Waals surface area contributed by atoms with Gasteiger partial charge in [0.25, 0.3) is 0 Å². The molecule has 0 aliphatic heterocycles. The van der Waals surface area contributed by atoms with E-state index in [1.54, 1.807) is 26.2 Å². The maximum absolute atomic E-state index is 6.23. The number of hydrogen-bond donors (Lipinski definition) is 2. The number of benzene rings is 1. The number of nitrogens with two attached hydrogens (primary N) is 1. The summed E-state index contributed by atoms with van der Waals surface area (Å²) in [4.78, 5) is 8.18. The van der Waals surface area contributed by atoms with Gasteiger partial charge in [-0.15, -0.1) is 0 Å². The summed E-state index contributed by atoms with van der Waals surface area (Å²) in [6.45, 7) is 1.71. The van der Waals surface area contributed by atoms with Crippen molar-refractivity contribution in [2.75, 3.05) is 25.3 Å². The Hall–Kier alpha value is -1.92. The monoisotopic (exact) mass is 328 g/mol. The Balaban J connectivity index is 2.49. The molecule has 8 heteroatoms. The van der Waals surface area contributed by atoms with Gasteiger partial charge >= 0.3 is 0 Å². The van der Waals surface area contributed by atoms with Gasteiger partial charge in [0.15, 0.2) is 11.0 Å². The fourth-order valence-corrected chi connectivity index (χ4v) is 2.18. The Bertz CT molecular complexity index is 680. The minimum Gasteiger partial charge on any atom is -0.497 e. The number of rotatable bonds is 4. The molecule has 0 unspecified atom stereocenters.